The predicted octanol–water partition coefficient (Wildman–Crippen LogP) is 3.76. The van der Waals surface area contributed by atoms with Gasteiger partial charge in [0.05, 0.1) is 7.11 Å². The Morgan fingerprint density at radius 1 is 1.24 bits per heavy atom. The van der Waals surface area contributed by atoms with Crippen molar-refractivity contribution in [3.63, 3.8) is 0 Å². The summed E-state index contributed by atoms with van der Waals surface area (Å²) >= 11 is 0. The molecule has 136 valence electrons. The van der Waals surface area contributed by atoms with Crippen LogP contribution in [0.15, 0.2) is 30.5 Å². The molecular formula is C19H27N3O3. The van der Waals surface area contributed by atoms with Gasteiger partial charge in [-0.15, -0.1) is 0 Å². The number of carbonyl (C=O) groups excluding carboxylic acids is 2. The third kappa shape index (κ3) is 4.98. The van der Waals surface area contributed by atoms with E-state index in [1.807, 2.05) is 38.1 Å². The van der Waals surface area contributed by atoms with Crippen molar-refractivity contribution < 1.29 is 14.3 Å². The molecule has 1 aromatic heterocycles. The Morgan fingerprint density at radius 3 is 2.64 bits per heavy atom. The zero-order valence-electron chi connectivity index (χ0n) is 15.3. The first-order chi connectivity index (χ1) is 11.9. The second kappa shape index (κ2) is 8.55. The minimum Gasteiger partial charge on any atom is -0.453 e. The van der Waals surface area contributed by atoms with E-state index in [9.17, 15) is 9.59 Å². The topological polar surface area (TPSA) is 72.4 Å². The molecule has 2 rings (SSSR count). The van der Waals surface area contributed by atoms with Gasteiger partial charge in [0.1, 0.15) is 6.04 Å². The Hall–Kier alpha value is -2.50. The van der Waals surface area contributed by atoms with E-state index in [4.69, 9.17) is 0 Å². The highest BCUT2D eigenvalue weighted by molar-refractivity contribution is 5.98. The molecule has 0 fully saturated rings. The monoisotopic (exact) mass is 345 g/mol. The maximum Gasteiger partial charge on any atom is 0.407 e. The number of hydrogen-bond acceptors (Lipinski definition) is 3. The van der Waals surface area contributed by atoms with Gasteiger partial charge in [-0.2, -0.15) is 0 Å². The number of benzene rings is 1. The van der Waals surface area contributed by atoms with Crippen LogP contribution in [0.4, 0.5) is 10.5 Å². The van der Waals surface area contributed by atoms with Gasteiger partial charge in [0, 0.05) is 29.3 Å². The van der Waals surface area contributed by atoms with Gasteiger partial charge in [-0.3, -0.25) is 4.79 Å². The number of fused-ring (bicyclic) bond motifs is 1. The van der Waals surface area contributed by atoms with Crippen LogP contribution in [-0.2, 0) is 16.1 Å². The number of alkyl carbamates (subject to hydrolysis) is 1. The van der Waals surface area contributed by atoms with E-state index >= 15 is 0 Å². The number of nitrogens with one attached hydrogen (secondary N) is 2. The first-order valence-corrected chi connectivity index (χ1v) is 8.68. The summed E-state index contributed by atoms with van der Waals surface area (Å²) < 4.78 is 6.81. The van der Waals surface area contributed by atoms with Crippen molar-refractivity contribution in [2.24, 2.45) is 5.92 Å². The molecule has 1 heterocycles. The molecule has 2 N–H and O–H groups in total. The summed E-state index contributed by atoms with van der Waals surface area (Å²) in [7, 11) is 1.29. The fourth-order valence-electron chi connectivity index (χ4n) is 2.85. The van der Waals surface area contributed by atoms with Gasteiger partial charge < -0.3 is 19.9 Å². The van der Waals surface area contributed by atoms with E-state index in [2.05, 4.69) is 33.1 Å². The minimum absolute atomic E-state index is 0.244. The van der Waals surface area contributed by atoms with Crippen molar-refractivity contribution in [1.29, 1.82) is 0 Å². The lowest BCUT2D eigenvalue weighted by Crippen LogP contribution is -2.44. The molecule has 0 aliphatic heterocycles. The smallest absolute Gasteiger partial charge is 0.407 e. The molecule has 0 bridgehead atoms. The molecule has 1 unspecified atom stereocenters. The Labute approximate surface area is 148 Å². The van der Waals surface area contributed by atoms with E-state index in [1.165, 1.54) is 7.11 Å². The lowest BCUT2D eigenvalue weighted by molar-refractivity contribution is -0.118. The van der Waals surface area contributed by atoms with Crippen LogP contribution in [0.1, 0.15) is 33.6 Å². The molecule has 25 heavy (non-hydrogen) atoms. The number of carbonyl (C=O) groups is 2. The minimum atomic E-state index is -0.632. The van der Waals surface area contributed by atoms with Crippen molar-refractivity contribution in [1.82, 2.24) is 9.88 Å². The second-order valence-corrected chi connectivity index (χ2v) is 6.59. The third-order valence-corrected chi connectivity index (χ3v) is 4.00. The van der Waals surface area contributed by atoms with E-state index in [1.54, 1.807) is 0 Å². The molecule has 6 nitrogen and oxygen atoms in total. The quantitative estimate of drug-likeness (QED) is 0.802. The lowest BCUT2D eigenvalue weighted by Gasteiger charge is -2.19. The Bertz CT molecular complexity index is 737. The van der Waals surface area contributed by atoms with Crippen LogP contribution in [0.2, 0.25) is 0 Å². The molecule has 0 aliphatic rings. The van der Waals surface area contributed by atoms with Crippen LogP contribution in [0.5, 0.6) is 0 Å². The van der Waals surface area contributed by atoms with Gasteiger partial charge in [0.25, 0.3) is 0 Å². The van der Waals surface area contributed by atoms with Crippen molar-refractivity contribution in [3.05, 3.63) is 30.5 Å². The van der Waals surface area contributed by atoms with E-state index in [-0.39, 0.29) is 11.8 Å². The van der Waals surface area contributed by atoms with Gasteiger partial charge in [-0.1, -0.05) is 20.8 Å². The Kier molecular flexibility index (Phi) is 6.44. The zero-order chi connectivity index (χ0) is 18.4. The van der Waals surface area contributed by atoms with Crippen LogP contribution >= 0.6 is 0 Å². The molecule has 0 radical (unpaired) electrons. The molecule has 6 heteroatoms. The summed E-state index contributed by atoms with van der Waals surface area (Å²) in [4.78, 5) is 24.0. The van der Waals surface area contributed by atoms with E-state index in [0.717, 1.165) is 23.9 Å². The van der Waals surface area contributed by atoms with Gasteiger partial charge in [0.15, 0.2) is 0 Å². The maximum atomic E-state index is 12.6. The number of anilines is 1. The maximum absolute atomic E-state index is 12.6. The van der Waals surface area contributed by atoms with Crippen LogP contribution in [-0.4, -0.2) is 29.7 Å². The molecule has 0 saturated carbocycles. The average molecular weight is 345 g/mol. The summed E-state index contributed by atoms with van der Waals surface area (Å²) in [5.41, 5.74) is 1.86. The van der Waals surface area contributed by atoms with Crippen LogP contribution in [0, 0.1) is 5.92 Å². The summed E-state index contributed by atoms with van der Waals surface area (Å²) in [6, 6.07) is 7.25. The first kappa shape index (κ1) is 18.8. The highest BCUT2D eigenvalue weighted by atomic mass is 16.5. The van der Waals surface area contributed by atoms with Crippen LogP contribution in [0.25, 0.3) is 10.9 Å². The SMILES string of the molecule is CCCn1ccc2cc(NC(=O)C(CC(C)C)NC(=O)OC)ccc21. The lowest BCUT2D eigenvalue weighted by atomic mass is 10.0. The Balaban J connectivity index is 2.13. The molecular weight excluding hydrogens is 318 g/mol. The summed E-state index contributed by atoms with van der Waals surface area (Å²) in [6.07, 6.45) is 3.06. The average Bonchev–Trinajstić information content (AvgIpc) is 2.96. The molecule has 1 atom stereocenters. The van der Waals surface area contributed by atoms with E-state index < -0.39 is 12.1 Å². The predicted molar refractivity (Wildman–Crippen MR) is 99.6 cm³/mol. The third-order valence-electron chi connectivity index (χ3n) is 4.00. The molecule has 0 saturated heterocycles. The second-order valence-electron chi connectivity index (χ2n) is 6.59. The van der Waals surface area contributed by atoms with Crippen molar-refractivity contribution in [2.45, 2.75) is 46.2 Å². The largest absolute Gasteiger partial charge is 0.453 e. The number of methoxy groups -OCH3 is 1. The summed E-state index contributed by atoms with van der Waals surface area (Å²) in [6.45, 7) is 7.11. The number of aromatic nitrogens is 1. The van der Waals surface area contributed by atoms with Gasteiger partial charge in [-0.05, 0) is 43.0 Å². The molecule has 0 spiro atoms. The fraction of sp³-hybridized carbons (Fsp3) is 0.474. The normalized spacial score (nSPS) is 12.2. The number of amides is 2. The van der Waals surface area contributed by atoms with Crippen LogP contribution < -0.4 is 10.6 Å². The van der Waals surface area contributed by atoms with Gasteiger partial charge >= 0.3 is 6.09 Å². The first-order valence-electron chi connectivity index (χ1n) is 8.68. The molecule has 0 aliphatic carbocycles. The molecule has 2 amide bonds. The van der Waals surface area contributed by atoms with Crippen molar-refractivity contribution in [2.75, 3.05) is 12.4 Å². The van der Waals surface area contributed by atoms with Crippen molar-refractivity contribution >= 4 is 28.6 Å². The summed E-state index contributed by atoms with van der Waals surface area (Å²) in [5.74, 6) is 0.0184. The van der Waals surface area contributed by atoms with Gasteiger partial charge in [-0.25, -0.2) is 4.79 Å². The molecule has 1 aromatic carbocycles. The summed E-state index contributed by atoms with van der Waals surface area (Å²) in [5, 5.41) is 6.57. The van der Waals surface area contributed by atoms with E-state index in [0.29, 0.717) is 12.1 Å². The van der Waals surface area contributed by atoms with Crippen LogP contribution in [0.3, 0.4) is 0 Å². The highest BCUT2D eigenvalue weighted by Crippen LogP contribution is 2.21. The zero-order valence-corrected chi connectivity index (χ0v) is 15.3. The molecule has 2 aromatic rings. The fourth-order valence-corrected chi connectivity index (χ4v) is 2.85. The standard InChI is InChI=1S/C19H27N3O3/c1-5-9-22-10-8-14-12-15(6-7-17(14)22)20-18(23)16(11-13(2)3)21-19(24)25-4/h6-8,10,12-13,16H,5,9,11H2,1-4H3,(H,20,23)(H,21,24). The number of nitrogens with zero attached hydrogens (tertiary/aromatic N) is 1. The van der Waals surface area contributed by atoms with Gasteiger partial charge in [0.2, 0.25) is 5.91 Å². The highest BCUT2D eigenvalue weighted by Gasteiger charge is 2.22. The number of hydrogen-bond donors (Lipinski definition) is 2. The number of ether oxygens (including phenoxy) is 1. The Morgan fingerprint density at radius 2 is 2.00 bits per heavy atom. The number of aryl methyl sites for hydroxylation is 1. The van der Waals surface area contributed by atoms with Crippen molar-refractivity contribution in [3.8, 4) is 0 Å². The number of rotatable bonds is 7.